The van der Waals surface area contributed by atoms with Crippen LogP contribution in [0.15, 0.2) is 15.5 Å². The van der Waals surface area contributed by atoms with Crippen LogP contribution in [0.4, 0.5) is 0 Å². The minimum atomic E-state index is -1.14. The van der Waals surface area contributed by atoms with Crippen molar-refractivity contribution >= 4 is 49.6 Å². The number of nitrogens with zero attached hydrogens (tertiary/aromatic N) is 2. The van der Waals surface area contributed by atoms with Crippen molar-refractivity contribution in [3.05, 3.63) is 27.4 Å². The van der Waals surface area contributed by atoms with E-state index in [4.69, 9.17) is 16.2 Å². The first-order valence-electron chi connectivity index (χ1n) is 12.3. The van der Waals surface area contributed by atoms with Gasteiger partial charge in [0, 0.05) is 39.2 Å². The van der Waals surface area contributed by atoms with Gasteiger partial charge in [-0.05, 0) is 85.2 Å². The number of benzene rings is 1. The highest BCUT2D eigenvalue weighted by molar-refractivity contribution is 9.10. The molecule has 0 saturated heterocycles. The highest BCUT2D eigenvalue weighted by atomic mass is 79.9. The van der Waals surface area contributed by atoms with Crippen molar-refractivity contribution in [1.29, 1.82) is 0 Å². The Morgan fingerprint density at radius 1 is 1.26 bits per heavy atom. The summed E-state index contributed by atoms with van der Waals surface area (Å²) in [7, 11) is 0.724. The number of rotatable bonds is 7. The number of aliphatic imine (C=N–C) groups is 1. The summed E-state index contributed by atoms with van der Waals surface area (Å²) in [6.07, 6.45) is 6.89. The molecule has 0 amide bonds. The summed E-state index contributed by atoms with van der Waals surface area (Å²) in [5.41, 5.74) is 13.3. The molecule has 1 heterocycles. The van der Waals surface area contributed by atoms with Gasteiger partial charge in [0.15, 0.2) is 5.96 Å². The lowest BCUT2D eigenvalue weighted by atomic mass is 9.56. The van der Waals surface area contributed by atoms with Crippen molar-refractivity contribution < 1.29 is 18.8 Å². The Morgan fingerprint density at radius 3 is 2.40 bits per heavy atom. The molecule has 8 nitrogen and oxygen atoms in total. The molecule has 4 aliphatic carbocycles. The second-order valence-electron chi connectivity index (χ2n) is 10.5. The van der Waals surface area contributed by atoms with E-state index < -0.39 is 16.8 Å². The van der Waals surface area contributed by atoms with E-state index in [-0.39, 0.29) is 35.4 Å². The maximum atomic E-state index is 14.1. The van der Waals surface area contributed by atoms with Crippen LogP contribution in [0.3, 0.4) is 0 Å². The van der Waals surface area contributed by atoms with Gasteiger partial charge in [-0.2, -0.15) is 0 Å². The van der Waals surface area contributed by atoms with Gasteiger partial charge in [-0.25, -0.2) is 9.79 Å². The van der Waals surface area contributed by atoms with Crippen LogP contribution in [0.5, 0.6) is 5.75 Å². The van der Waals surface area contributed by atoms with Crippen LogP contribution in [0.1, 0.15) is 67.1 Å². The number of carbonyl (C=O) groups is 1. The van der Waals surface area contributed by atoms with Gasteiger partial charge < -0.3 is 25.9 Å². The highest BCUT2D eigenvalue weighted by Gasteiger charge is 2.54. The van der Waals surface area contributed by atoms with E-state index in [1.54, 1.807) is 13.0 Å². The second kappa shape index (κ2) is 9.10. The lowest BCUT2D eigenvalue weighted by Gasteiger charge is -2.56. The van der Waals surface area contributed by atoms with Crippen molar-refractivity contribution in [3.63, 3.8) is 0 Å². The Kier molecular flexibility index (Phi) is 6.40. The minimum Gasteiger partial charge on any atom is -0.506 e. The van der Waals surface area contributed by atoms with Crippen molar-refractivity contribution in [2.45, 2.75) is 62.5 Å². The van der Waals surface area contributed by atoms with Crippen LogP contribution < -0.4 is 11.5 Å². The Morgan fingerprint density at radius 2 is 1.86 bits per heavy atom. The van der Waals surface area contributed by atoms with Gasteiger partial charge in [-0.15, -0.1) is 0 Å². The van der Waals surface area contributed by atoms with Gasteiger partial charge in [0.25, 0.3) is 0 Å². The fourth-order valence-electron chi connectivity index (χ4n) is 7.18. The van der Waals surface area contributed by atoms with Gasteiger partial charge in [0.2, 0.25) is 0 Å². The SMILES string of the molecule is CCOC(=O)c1c(CS(=O)C23CC4CC(CC(C4)C2)C3)n(C)c2cc(Br)c(O)c(CN=C(N)N)c12. The van der Waals surface area contributed by atoms with Crippen LogP contribution in [0, 0.1) is 17.8 Å². The lowest BCUT2D eigenvalue weighted by molar-refractivity contribution is 0.0360. The van der Waals surface area contributed by atoms with E-state index in [0.717, 1.165) is 24.8 Å². The highest BCUT2D eigenvalue weighted by Crippen LogP contribution is 2.58. The molecule has 0 aliphatic heterocycles. The number of hydrogen-bond donors (Lipinski definition) is 3. The Bertz CT molecular complexity index is 1220. The van der Waals surface area contributed by atoms with Crippen LogP contribution in [-0.4, -0.2) is 37.2 Å². The zero-order valence-electron chi connectivity index (χ0n) is 20.2. The Labute approximate surface area is 216 Å². The number of guanidine groups is 1. The van der Waals surface area contributed by atoms with E-state index >= 15 is 0 Å². The second-order valence-corrected chi connectivity index (χ2v) is 13.2. The summed E-state index contributed by atoms with van der Waals surface area (Å²) >= 11 is 3.42. The first-order chi connectivity index (χ1) is 16.6. The molecule has 1 unspecified atom stereocenters. The molecule has 2 aromatic rings. The molecule has 6 rings (SSSR count). The molecule has 4 saturated carbocycles. The van der Waals surface area contributed by atoms with Gasteiger partial charge in [-0.1, -0.05) is 0 Å². The third-order valence-corrected chi connectivity index (χ3v) is 10.9. The summed E-state index contributed by atoms with van der Waals surface area (Å²) < 4.78 is 21.7. The van der Waals surface area contributed by atoms with Crippen LogP contribution in [-0.2, 0) is 34.9 Å². The average molecular weight is 566 g/mol. The molecule has 1 atom stereocenters. The molecular formula is C25H33BrN4O4S. The number of nitrogens with two attached hydrogens (primary N) is 2. The molecule has 10 heteroatoms. The average Bonchev–Trinajstić information content (AvgIpc) is 3.04. The van der Waals surface area contributed by atoms with Gasteiger partial charge in [-0.3, -0.25) is 4.21 Å². The number of aromatic nitrogens is 1. The summed E-state index contributed by atoms with van der Waals surface area (Å²) in [5, 5.41) is 11.4. The number of fused-ring (bicyclic) bond motifs is 1. The predicted octanol–water partition coefficient (Wildman–Crippen LogP) is 3.81. The maximum Gasteiger partial charge on any atom is 0.340 e. The molecule has 0 spiro atoms. The molecule has 190 valence electrons. The number of esters is 1. The number of phenols is 1. The monoisotopic (exact) mass is 564 g/mol. The Balaban J connectivity index is 1.63. The van der Waals surface area contributed by atoms with Crippen LogP contribution >= 0.6 is 15.9 Å². The van der Waals surface area contributed by atoms with E-state index in [0.29, 0.717) is 44.4 Å². The molecular weight excluding hydrogens is 532 g/mol. The molecule has 5 N–H and O–H groups in total. The zero-order chi connectivity index (χ0) is 25.1. The normalized spacial score (nSPS) is 27.8. The number of ether oxygens (including phenoxy) is 1. The summed E-state index contributed by atoms with van der Waals surface area (Å²) in [5.74, 6) is 1.67. The van der Waals surface area contributed by atoms with E-state index in [1.807, 2.05) is 11.6 Å². The van der Waals surface area contributed by atoms with E-state index in [9.17, 15) is 14.1 Å². The third kappa shape index (κ3) is 4.16. The largest absolute Gasteiger partial charge is 0.506 e. The third-order valence-electron chi connectivity index (χ3n) is 8.27. The van der Waals surface area contributed by atoms with E-state index in [2.05, 4.69) is 20.9 Å². The van der Waals surface area contributed by atoms with E-state index in [1.165, 1.54) is 19.3 Å². The summed E-state index contributed by atoms with van der Waals surface area (Å²) in [4.78, 5) is 17.4. The lowest BCUT2D eigenvalue weighted by Crippen LogP contribution is -2.53. The number of aryl methyl sites for hydroxylation is 1. The minimum absolute atomic E-state index is 0.00195. The summed E-state index contributed by atoms with van der Waals surface area (Å²) in [6.45, 7) is 1.96. The molecule has 4 fully saturated rings. The number of aromatic hydroxyl groups is 1. The molecule has 1 aromatic heterocycles. The number of hydrogen-bond acceptors (Lipinski definition) is 5. The molecule has 35 heavy (non-hydrogen) atoms. The fourth-order valence-corrected chi connectivity index (χ4v) is 9.80. The van der Waals surface area contributed by atoms with Gasteiger partial charge in [0.1, 0.15) is 5.75 Å². The van der Waals surface area contributed by atoms with Crippen molar-refractivity contribution in [2.75, 3.05) is 6.61 Å². The fraction of sp³-hybridized carbons (Fsp3) is 0.600. The number of carbonyl (C=O) groups excluding carboxylic acids is 1. The predicted molar refractivity (Wildman–Crippen MR) is 141 cm³/mol. The molecule has 4 aliphatic rings. The first kappa shape index (κ1) is 24.6. The van der Waals surface area contributed by atoms with Crippen LogP contribution in [0.25, 0.3) is 10.9 Å². The summed E-state index contributed by atoms with van der Waals surface area (Å²) in [6, 6.07) is 1.77. The zero-order valence-corrected chi connectivity index (χ0v) is 22.6. The van der Waals surface area contributed by atoms with Crippen molar-refractivity contribution in [2.24, 2.45) is 41.3 Å². The standard InChI is InChI=1S/C25H33BrN4O4S/c1-3-34-23(32)21-19(12-35(33)25-8-13-4-14(9-25)6-15(5-13)10-25)30(2)18-7-17(26)22(31)16(20(18)21)11-29-24(27)28/h7,13-15,31H,3-6,8-12H2,1-2H3,(H4,27,28,29). The topological polar surface area (TPSA) is 133 Å². The quantitative estimate of drug-likeness (QED) is 0.266. The molecule has 4 bridgehead atoms. The van der Waals surface area contributed by atoms with Gasteiger partial charge >= 0.3 is 5.97 Å². The molecule has 0 radical (unpaired) electrons. The first-order valence-corrected chi connectivity index (χ1v) is 14.4. The van der Waals surface area contributed by atoms with Gasteiger partial charge in [0.05, 0.1) is 34.5 Å². The Hall–Kier alpha value is -2.07. The van der Waals surface area contributed by atoms with Crippen molar-refractivity contribution in [3.8, 4) is 5.75 Å². The number of halogens is 1. The van der Waals surface area contributed by atoms with Crippen molar-refractivity contribution in [1.82, 2.24) is 4.57 Å². The maximum absolute atomic E-state index is 14.1. The number of phenolic OH excluding ortho intramolecular Hbond substituents is 1. The molecule has 1 aromatic carbocycles. The van der Waals surface area contributed by atoms with Crippen LogP contribution in [0.2, 0.25) is 0 Å². The smallest absolute Gasteiger partial charge is 0.340 e.